The number of nitrogens with zero attached hydrogens (tertiary/aromatic N) is 1. The highest BCUT2D eigenvalue weighted by Crippen LogP contribution is 2.15. The first-order chi connectivity index (χ1) is 10.2. The molecule has 0 aromatic heterocycles. The van der Waals surface area contributed by atoms with Gasteiger partial charge >= 0.3 is 0 Å². The molecule has 2 heteroatoms. The lowest BCUT2D eigenvalue weighted by molar-refractivity contribution is -0.921. The lowest BCUT2D eigenvalue weighted by Gasteiger charge is -2.33. The Labute approximate surface area is 145 Å². The Bertz CT molecular complexity index is 352. The van der Waals surface area contributed by atoms with E-state index < -0.39 is 0 Å². The van der Waals surface area contributed by atoms with E-state index in [0.717, 1.165) is 0 Å². The summed E-state index contributed by atoms with van der Waals surface area (Å²) in [5.41, 5.74) is 1.47. The zero-order chi connectivity index (χ0) is 15.4. The van der Waals surface area contributed by atoms with Gasteiger partial charge in [0, 0.05) is 5.56 Å². The summed E-state index contributed by atoms with van der Waals surface area (Å²) in [5, 5.41) is 0. The molecule has 0 N–H and O–H groups in total. The summed E-state index contributed by atoms with van der Waals surface area (Å²) in [6.07, 6.45) is 11.3. The van der Waals surface area contributed by atoms with E-state index in [9.17, 15) is 0 Å². The predicted octanol–water partition coefficient (Wildman–Crippen LogP) is 2.80. The first-order valence-electron chi connectivity index (χ1n) is 9.07. The molecule has 0 aliphatic carbocycles. The van der Waals surface area contributed by atoms with E-state index in [4.69, 9.17) is 0 Å². The van der Waals surface area contributed by atoms with Crippen LogP contribution in [0.3, 0.4) is 0 Å². The van der Waals surface area contributed by atoms with Crippen molar-refractivity contribution < 1.29 is 16.9 Å². The van der Waals surface area contributed by atoms with Crippen LogP contribution in [0.25, 0.3) is 0 Å². The van der Waals surface area contributed by atoms with E-state index in [-0.39, 0.29) is 12.4 Å². The van der Waals surface area contributed by atoms with Gasteiger partial charge < -0.3 is 16.9 Å². The number of unbranched alkanes of at least 4 members (excludes halogenated alkanes) is 7. The smallest absolute Gasteiger partial charge is 0.104 e. The predicted molar refractivity (Wildman–Crippen MR) is 94.3 cm³/mol. The molecule has 1 nitrogen and oxygen atoms in total. The molecule has 22 heavy (non-hydrogen) atoms. The van der Waals surface area contributed by atoms with Crippen LogP contribution in [0, 0.1) is 0 Å². The summed E-state index contributed by atoms with van der Waals surface area (Å²) in [7, 11) is 2.41. The van der Waals surface area contributed by atoms with Crippen LogP contribution in [-0.4, -0.2) is 24.6 Å². The fourth-order valence-electron chi connectivity index (χ4n) is 3.00. The van der Waals surface area contributed by atoms with Gasteiger partial charge in [-0.3, -0.25) is 0 Å². The van der Waals surface area contributed by atoms with Gasteiger partial charge in [0.1, 0.15) is 6.54 Å². The van der Waals surface area contributed by atoms with Crippen molar-refractivity contribution in [2.45, 2.75) is 71.8 Å². The highest BCUT2D eigenvalue weighted by molar-refractivity contribution is 5.13. The van der Waals surface area contributed by atoms with Crippen LogP contribution in [0.1, 0.15) is 70.8 Å². The fourth-order valence-corrected chi connectivity index (χ4v) is 3.00. The molecule has 0 radical (unpaired) electrons. The molecule has 0 amide bonds. The molecule has 0 spiro atoms. The van der Waals surface area contributed by atoms with Crippen molar-refractivity contribution in [2.24, 2.45) is 0 Å². The van der Waals surface area contributed by atoms with E-state index in [1.54, 1.807) is 0 Å². The summed E-state index contributed by atoms with van der Waals surface area (Å²) in [5.74, 6) is 0. The number of quaternary nitrogens is 1. The lowest BCUT2D eigenvalue weighted by atomic mass is 10.1. The van der Waals surface area contributed by atoms with Crippen LogP contribution >= 0.6 is 0 Å². The Hall–Kier alpha value is -0.530. The monoisotopic (exact) mass is 325 g/mol. The molecule has 0 bridgehead atoms. The average Bonchev–Trinajstić information content (AvgIpc) is 2.51. The first kappa shape index (κ1) is 21.5. The summed E-state index contributed by atoms with van der Waals surface area (Å²) in [4.78, 5) is 0. The standard InChI is InChI=1S/C20H36N.ClH/c1-4-6-7-8-9-10-11-15-18-21(3,5-2)19-20-16-13-12-14-17-20;/h12-14,16-17H,4-11,15,18-19H2,1-3H3;1H/q+1;/p-1. The summed E-state index contributed by atoms with van der Waals surface area (Å²) in [6.45, 7) is 8.34. The molecule has 0 aliphatic heterocycles. The van der Waals surface area contributed by atoms with Crippen LogP contribution in [0.4, 0.5) is 0 Å². The Morgan fingerprint density at radius 3 is 1.86 bits per heavy atom. The zero-order valence-electron chi connectivity index (χ0n) is 15.0. The summed E-state index contributed by atoms with van der Waals surface area (Å²) < 4.78 is 1.18. The number of hydrogen-bond donors (Lipinski definition) is 0. The van der Waals surface area contributed by atoms with Crippen LogP contribution < -0.4 is 12.4 Å². The van der Waals surface area contributed by atoms with Crippen molar-refractivity contribution in [2.75, 3.05) is 20.1 Å². The Morgan fingerprint density at radius 1 is 0.773 bits per heavy atom. The molecular formula is C20H36ClN. The third-order valence-electron chi connectivity index (χ3n) is 4.72. The number of hydrogen-bond acceptors (Lipinski definition) is 0. The maximum atomic E-state index is 2.41. The SMILES string of the molecule is CCCCCCCCCC[N+](C)(CC)Cc1ccccc1.[Cl-]. The fraction of sp³-hybridized carbons (Fsp3) is 0.700. The second-order valence-corrected chi connectivity index (χ2v) is 6.78. The molecule has 1 atom stereocenters. The van der Waals surface area contributed by atoms with Gasteiger partial charge in [0.2, 0.25) is 0 Å². The summed E-state index contributed by atoms with van der Waals surface area (Å²) >= 11 is 0. The molecule has 128 valence electrons. The van der Waals surface area contributed by atoms with Crippen LogP contribution in [-0.2, 0) is 6.54 Å². The number of halogens is 1. The minimum Gasteiger partial charge on any atom is -1.00 e. The minimum atomic E-state index is 0. The van der Waals surface area contributed by atoms with Crippen molar-refractivity contribution in [1.29, 1.82) is 0 Å². The molecule has 1 aromatic carbocycles. The van der Waals surface area contributed by atoms with Gasteiger partial charge in [-0.1, -0.05) is 75.8 Å². The third-order valence-corrected chi connectivity index (χ3v) is 4.72. The van der Waals surface area contributed by atoms with Gasteiger partial charge in [0.05, 0.1) is 20.1 Å². The topological polar surface area (TPSA) is 0 Å². The molecule has 1 aromatic rings. The maximum Gasteiger partial charge on any atom is 0.104 e. The molecule has 0 heterocycles. The van der Waals surface area contributed by atoms with E-state index in [0.29, 0.717) is 0 Å². The Balaban J connectivity index is 0.00000441. The highest BCUT2D eigenvalue weighted by atomic mass is 35.5. The lowest BCUT2D eigenvalue weighted by Crippen LogP contribution is -3.00. The van der Waals surface area contributed by atoms with Crippen LogP contribution in [0.5, 0.6) is 0 Å². The third kappa shape index (κ3) is 9.48. The number of benzene rings is 1. The highest BCUT2D eigenvalue weighted by Gasteiger charge is 2.18. The molecule has 0 saturated heterocycles. The Morgan fingerprint density at radius 2 is 1.32 bits per heavy atom. The van der Waals surface area contributed by atoms with E-state index in [1.807, 2.05) is 0 Å². The van der Waals surface area contributed by atoms with Gasteiger partial charge in [-0.05, 0) is 19.8 Å². The van der Waals surface area contributed by atoms with Gasteiger partial charge in [-0.25, -0.2) is 0 Å². The number of rotatable bonds is 12. The van der Waals surface area contributed by atoms with Crippen molar-refractivity contribution in [1.82, 2.24) is 0 Å². The van der Waals surface area contributed by atoms with Crippen molar-refractivity contribution >= 4 is 0 Å². The zero-order valence-corrected chi connectivity index (χ0v) is 15.7. The molecular weight excluding hydrogens is 290 g/mol. The van der Waals surface area contributed by atoms with Crippen LogP contribution in [0.2, 0.25) is 0 Å². The molecule has 0 fully saturated rings. The normalized spacial score (nSPS) is 13.4. The molecule has 1 rings (SSSR count). The first-order valence-corrected chi connectivity index (χ1v) is 9.07. The van der Waals surface area contributed by atoms with Gasteiger partial charge in [0.25, 0.3) is 0 Å². The van der Waals surface area contributed by atoms with E-state index in [1.165, 1.54) is 81.0 Å². The molecule has 1 unspecified atom stereocenters. The maximum absolute atomic E-state index is 2.41. The van der Waals surface area contributed by atoms with Gasteiger partial charge in [-0.15, -0.1) is 0 Å². The van der Waals surface area contributed by atoms with Crippen molar-refractivity contribution in [3.05, 3.63) is 35.9 Å². The van der Waals surface area contributed by atoms with Gasteiger partial charge in [-0.2, -0.15) is 0 Å². The van der Waals surface area contributed by atoms with Crippen molar-refractivity contribution in [3.63, 3.8) is 0 Å². The Kier molecular flexibility index (Phi) is 12.6. The molecule has 0 saturated carbocycles. The minimum absolute atomic E-state index is 0. The second-order valence-electron chi connectivity index (χ2n) is 6.78. The van der Waals surface area contributed by atoms with Crippen molar-refractivity contribution in [3.8, 4) is 0 Å². The van der Waals surface area contributed by atoms with E-state index >= 15 is 0 Å². The molecule has 0 aliphatic rings. The van der Waals surface area contributed by atoms with E-state index in [2.05, 4.69) is 51.2 Å². The second kappa shape index (κ2) is 13.0. The quantitative estimate of drug-likeness (QED) is 0.409. The van der Waals surface area contributed by atoms with Gasteiger partial charge in [0.15, 0.2) is 0 Å². The van der Waals surface area contributed by atoms with Crippen LogP contribution in [0.15, 0.2) is 30.3 Å². The summed E-state index contributed by atoms with van der Waals surface area (Å²) in [6, 6.07) is 11.0. The largest absolute Gasteiger partial charge is 1.00 e. The average molecular weight is 326 g/mol.